The summed E-state index contributed by atoms with van der Waals surface area (Å²) >= 11 is 0. The van der Waals surface area contributed by atoms with Crippen LogP contribution >= 0.6 is 0 Å². The van der Waals surface area contributed by atoms with Gasteiger partial charge in [-0.05, 0) is 99.7 Å². The van der Waals surface area contributed by atoms with E-state index < -0.39 is 0 Å². The topological polar surface area (TPSA) is 50.4 Å². The van der Waals surface area contributed by atoms with E-state index in [1.165, 1.54) is 44.1 Å². The van der Waals surface area contributed by atoms with Crippen molar-refractivity contribution in [2.75, 3.05) is 6.73 Å². The minimum Gasteiger partial charge on any atom is -0.473 e. The van der Waals surface area contributed by atoms with Crippen LogP contribution in [0.5, 0.6) is 5.75 Å². The van der Waals surface area contributed by atoms with E-state index in [9.17, 15) is 4.79 Å². The van der Waals surface area contributed by atoms with Gasteiger partial charge < -0.3 is 15.4 Å². The predicted molar refractivity (Wildman–Crippen MR) is 103 cm³/mol. The molecule has 0 aliphatic heterocycles. The summed E-state index contributed by atoms with van der Waals surface area (Å²) in [6.07, 6.45) is 8.21. The van der Waals surface area contributed by atoms with Gasteiger partial charge in [0.2, 0.25) is 0 Å². The summed E-state index contributed by atoms with van der Waals surface area (Å²) < 4.78 is 5.75. The van der Waals surface area contributed by atoms with Gasteiger partial charge in [0.05, 0.1) is 0 Å². The molecule has 4 heteroatoms. The molecule has 1 atom stereocenters. The van der Waals surface area contributed by atoms with Gasteiger partial charge in [-0.15, -0.1) is 0 Å². The molecule has 2 amide bonds. The SMILES string of the molecule is Cc1cccc(OCNC(=O)NC(C)C23CC4CC(CC(C4)C2)C3)c1C. The van der Waals surface area contributed by atoms with E-state index in [1.807, 2.05) is 19.1 Å². The largest absolute Gasteiger partial charge is 0.473 e. The van der Waals surface area contributed by atoms with Crippen molar-refractivity contribution in [3.8, 4) is 5.75 Å². The summed E-state index contributed by atoms with van der Waals surface area (Å²) in [4.78, 5) is 12.4. The highest BCUT2D eigenvalue weighted by molar-refractivity contribution is 5.74. The van der Waals surface area contributed by atoms with Gasteiger partial charge in [-0.1, -0.05) is 12.1 Å². The standard InChI is InChI=1S/C22H32N2O2/c1-14-5-4-6-20(15(14)2)26-13-23-21(25)24-16(3)22-10-17-7-18(11-22)9-19(8-17)12-22/h4-6,16-19H,7-13H2,1-3H3,(H2,23,24,25). The number of carbonyl (C=O) groups excluding carboxylic acids is 1. The number of ether oxygens (including phenoxy) is 1. The number of hydrogen-bond donors (Lipinski definition) is 2. The number of benzene rings is 1. The monoisotopic (exact) mass is 356 g/mol. The molecule has 5 rings (SSSR count). The van der Waals surface area contributed by atoms with E-state index >= 15 is 0 Å². The van der Waals surface area contributed by atoms with Crippen LogP contribution in [-0.4, -0.2) is 18.8 Å². The van der Waals surface area contributed by atoms with Crippen molar-refractivity contribution in [3.05, 3.63) is 29.3 Å². The minimum absolute atomic E-state index is 0.112. The zero-order valence-corrected chi connectivity index (χ0v) is 16.3. The Balaban J connectivity index is 1.29. The second kappa shape index (κ2) is 6.79. The van der Waals surface area contributed by atoms with Crippen LogP contribution in [0.4, 0.5) is 4.79 Å². The third-order valence-electron chi connectivity index (χ3n) is 7.37. The van der Waals surface area contributed by atoms with Crippen LogP contribution in [0.15, 0.2) is 18.2 Å². The zero-order valence-electron chi connectivity index (χ0n) is 16.3. The molecular formula is C22H32N2O2. The average Bonchev–Trinajstić information content (AvgIpc) is 2.57. The lowest BCUT2D eigenvalue weighted by Crippen LogP contribution is -2.57. The number of carbonyl (C=O) groups is 1. The normalized spacial score (nSPS) is 33.0. The second-order valence-corrected chi connectivity index (χ2v) is 9.14. The maximum atomic E-state index is 12.4. The predicted octanol–water partition coefficient (Wildman–Crippen LogP) is 4.54. The number of aryl methyl sites for hydroxylation is 1. The van der Waals surface area contributed by atoms with Gasteiger partial charge in [-0.3, -0.25) is 0 Å². The smallest absolute Gasteiger partial charge is 0.317 e. The summed E-state index contributed by atoms with van der Waals surface area (Å²) in [6.45, 7) is 6.51. The minimum atomic E-state index is -0.112. The third kappa shape index (κ3) is 3.30. The Kier molecular flexibility index (Phi) is 4.62. The van der Waals surface area contributed by atoms with Crippen LogP contribution in [0.1, 0.15) is 56.6 Å². The van der Waals surface area contributed by atoms with Gasteiger partial charge in [0.15, 0.2) is 6.73 Å². The molecule has 0 radical (unpaired) electrons. The Hall–Kier alpha value is -1.71. The van der Waals surface area contributed by atoms with E-state index in [0.717, 1.165) is 29.1 Å². The fraction of sp³-hybridized carbons (Fsp3) is 0.682. The van der Waals surface area contributed by atoms with Crippen molar-refractivity contribution in [1.29, 1.82) is 0 Å². The molecule has 0 spiro atoms. The van der Waals surface area contributed by atoms with E-state index in [-0.39, 0.29) is 18.8 Å². The van der Waals surface area contributed by atoms with Gasteiger partial charge in [-0.25, -0.2) is 4.79 Å². The molecule has 2 N–H and O–H groups in total. The molecule has 26 heavy (non-hydrogen) atoms. The summed E-state index contributed by atoms with van der Waals surface area (Å²) in [6, 6.07) is 6.11. The van der Waals surface area contributed by atoms with E-state index in [2.05, 4.69) is 30.5 Å². The van der Waals surface area contributed by atoms with Gasteiger partial charge in [0.25, 0.3) is 0 Å². The van der Waals surface area contributed by atoms with E-state index in [1.54, 1.807) is 0 Å². The van der Waals surface area contributed by atoms with Crippen molar-refractivity contribution < 1.29 is 9.53 Å². The summed E-state index contributed by atoms with van der Waals surface area (Å²) in [5.41, 5.74) is 2.65. The van der Waals surface area contributed by atoms with Crippen LogP contribution in [0.3, 0.4) is 0 Å². The van der Waals surface area contributed by atoms with Gasteiger partial charge in [0, 0.05) is 6.04 Å². The molecule has 1 aromatic rings. The maximum absolute atomic E-state index is 12.4. The van der Waals surface area contributed by atoms with Crippen molar-refractivity contribution in [2.45, 2.75) is 65.3 Å². The number of nitrogens with one attached hydrogen (secondary N) is 2. The highest BCUT2D eigenvalue weighted by Gasteiger charge is 2.53. The molecule has 1 aromatic carbocycles. The molecule has 0 aromatic heterocycles. The molecule has 4 aliphatic carbocycles. The zero-order chi connectivity index (χ0) is 18.3. The first-order valence-corrected chi connectivity index (χ1v) is 10.2. The lowest BCUT2D eigenvalue weighted by atomic mass is 9.48. The number of hydrogen-bond acceptors (Lipinski definition) is 2. The highest BCUT2D eigenvalue weighted by Crippen LogP contribution is 2.61. The molecule has 0 heterocycles. The van der Waals surface area contributed by atoms with Crippen molar-refractivity contribution in [3.63, 3.8) is 0 Å². The summed E-state index contributed by atoms with van der Waals surface area (Å²) in [5.74, 6) is 3.54. The Morgan fingerprint density at radius 1 is 1.15 bits per heavy atom. The quantitative estimate of drug-likeness (QED) is 0.761. The van der Waals surface area contributed by atoms with Crippen molar-refractivity contribution >= 4 is 6.03 Å². The average molecular weight is 357 g/mol. The molecule has 142 valence electrons. The maximum Gasteiger partial charge on any atom is 0.317 e. The molecule has 4 bridgehead atoms. The lowest BCUT2D eigenvalue weighted by Gasteiger charge is -2.59. The Morgan fingerprint density at radius 3 is 2.38 bits per heavy atom. The second-order valence-electron chi connectivity index (χ2n) is 9.14. The fourth-order valence-corrected chi connectivity index (χ4v) is 6.17. The van der Waals surface area contributed by atoms with Gasteiger partial charge >= 0.3 is 6.03 Å². The molecule has 4 fully saturated rings. The van der Waals surface area contributed by atoms with Gasteiger partial charge in [-0.2, -0.15) is 0 Å². The molecule has 4 saturated carbocycles. The Labute approximate surface area is 157 Å². The van der Waals surface area contributed by atoms with Gasteiger partial charge in [0.1, 0.15) is 5.75 Å². The van der Waals surface area contributed by atoms with Crippen LogP contribution in [-0.2, 0) is 0 Å². The first-order valence-electron chi connectivity index (χ1n) is 10.2. The number of urea groups is 1. The van der Waals surface area contributed by atoms with E-state index in [0.29, 0.717) is 5.41 Å². The number of amides is 2. The fourth-order valence-electron chi connectivity index (χ4n) is 6.17. The number of rotatable bonds is 5. The summed E-state index contributed by atoms with van der Waals surface area (Å²) in [5, 5.41) is 6.09. The third-order valence-corrected chi connectivity index (χ3v) is 7.37. The molecular weight excluding hydrogens is 324 g/mol. The first-order chi connectivity index (χ1) is 12.4. The Bertz CT molecular complexity index is 649. The first kappa shape index (κ1) is 17.7. The molecule has 4 nitrogen and oxygen atoms in total. The Morgan fingerprint density at radius 2 is 1.77 bits per heavy atom. The van der Waals surface area contributed by atoms with Crippen LogP contribution < -0.4 is 15.4 Å². The highest BCUT2D eigenvalue weighted by atomic mass is 16.5. The van der Waals surface area contributed by atoms with E-state index in [4.69, 9.17) is 4.74 Å². The van der Waals surface area contributed by atoms with Crippen molar-refractivity contribution in [1.82, 2.24) is 10.6 Å². The molecule has 4 aliphatic rings. The molecule has 1 unspecified atom stereocenters. The lowest BCUT2D eigenvalue weighted by molar-refractivity contribution is -0.0682. The summed E-state index contributed by atoms with van der Waals surface area (Å²) in [7, 11) is 0. The van der Waals surface area contributed by atoms with Crippen LogP contribution in [0, 0.1) is 37.0 Å². The van der Waals surface area contributed by atoms with Crippen LogP contribution in [0.2, 0.25) is 0 Å². The van der Waals surface area contributed by atoms with Crippen LogP contribution in [0.25, 0.3) is 0 Å². The van der Waals surface area contributed by atoms with Crippen molar-refractivity contribution in [2.24, 2.45) is 23.2 Å². The molecule has 0 saturated heterocycles.